The zero-order valence-electron chi connectivity index (χ0n) is 16.5. The molecule has 8 heteroatoms. The fraction of sp³-hybridized carbons (Fsp3) is 0.600. The van der Waals surface area contributed by atoms with Crippen LogP contribution in [0.4, 0.5) is 5.69 Å². The van der Waals surface area contributed by atoms with E-state index in [0.29, 0.717) is 24.3 Å². The van der Waals surface area contributed by atoms with Crippen LogP contribution in [0.15, 0.2) is 23.1 Å². The molecule has 0 aromatic heterocycles. The number of hydrogen-bond acceptors (Lipinski definition) is 4. The monoisotopic (exact) mass is 405 g/mol. The Morgan fingerprint density at radius 3 is 2.29 bits per heavy atom. The van der Waals surface area contributed by atoms with E-state index in [9.17, 15) is 18.0 Å². The van der Waals surface area contributed by atoms with Crippen LogP contribution in [0.1, 0.15) is 45.1 Å². The Labute approximate surface area is 166 Å². The van der Waals surface area contributed by atoms with E-state index in [2.05, 4.69) is 0 Å². The lowest BCUT2D eigenvalue weighted by Gasteiger charge is -2.23. The largest absolute Gasteiger partial charge is 0.341 e. The fourth-order valence-electron chi connectivity index (χ4n) is 4.41. The summed E-state index contributed by atoms with van der Waals surface area (Å²) < 4.78 is 27.4. The molecule has 0 spiro atoms. The van der Waals surface area contributed by atoms with Crippen molar-refractivity contribution in [3.05, 3.63) is 23.8 Å². The van der Waals surface area contributed by atoms with Crippen molar-refractivity contribution >= 4 is 27.5 Å². The predicted molar refractivity (Wildman–Crippen MR) is 106 cm³/mol. The number of hydrogen-bond donors (Lipinski definition) is 0. The molecule has 3 aliphatic heterocycles. The van der Waals surface area contributed by atoms with Gasteiger partial charge in [-0.3, -0.25) is 9.59 Å². The number of nitrogens with zero attached hydrogens (tertiary/aromatic N) is 3. The average Bonchev–Trinajstić information content (AvgIpc) is 3.41. The molecule has 0 radical (unpaired) electrons. The van der Waals surface area contributed by atoms with E-state index in [1.54, 1.807) is 36.9 Å². The van der Waals surface area contributed by atoms with Gasteiger partial charge in [0, 0.05) is 31.9 Å². The van der Waals surface area contributed by atoms with Crippen molar-refractivity contribution in [2.24, 2.45) is 0 Å². The third-order valence-electron chi connectivity index (χ3n) is 6.17. The first-order valence-corrected chi connectivity index (χ1v) is 11.4. The second-order valence-electron chi connectivity index (χ2n) is 8.39. The zero-order chi connectivity index (χ0) is 20.1. The van der Waals surface area contributed by atoms with E-state index in [-0.39, 0.29) is 23.3 Å². The fourth-order valence-corrected chi connectivity index (χ4v) is 5.95. The number of anilines is 1. The molecule has 0 saturated carbocycles. The van der Waals surface area contributed by atoms with Crippen LogP contribution >= 0.6 is 0 Å². The molecule has 2 amide bonds. The molecule has 3 heterocycles. The summed E-state index contributed by atoms with van der Waals surface area (Å²) in [7, 11) is -3.55. The predicted octanol–water partition coefficient (Wildman–Crippen LogP) is 1.72. The minimum Gasteiger partial charge on any atom is -0.341 e. The van der Waals surface area contributed by atoms with Crippen LogP contribution in [0.5, 0.6) is 0 Å². The molecule has 4 rings (SSSR count). The van der Waals surface area contributed by atoms with Crippen molar-refractivity contribution < 1.29 is 18.0 Å². The van der Waals surface area contributed by atoms with Crippen molar-refractivity contribution in [1.82, 2.24) is 9.21 Å². The summed E-state index contributed by atoms with van der Waals surface area (Å²) in [4.78, 5) is 29.2. The quantitative estimate of drug-likeness (QED) is 0.764. The lowest BCUT2D eigenvalue weighted by atomic mass is 9.86. The maximum absolute atomic E-state index is 13.0. The van der Waals surface area contributed by atoms with Crippen LogP contribution in [0.2, 0.25) is 0 Å². The van der Waals surface area contributed by atoms with E-state index >= 15 is 0 Å². The maximum atomic E-state index is 13.0. The lowest BCUT2D eigenvalue weighted by molar-refractivity contribution is -0.131. The Hall–Kier alpha value is -1.93. The molecule has 2 fully saturated rings. The van der Waals surface area contributed by atoms with Crippen molar-refractivity contribution in [3.63, 3.8) is 0 Å². The van der Waals surface area contributed by atoms with Gasteiger partial charge in [0.25, 0.3) is 0 Å². The summed E-state index contributed by atoms with van der Waals surface area (Å²) in [6.07, 6.45) is 3.75. The molecule has 3 aliphatic rings. The number of carbonyl (C=O) groups excluding carboxylic acids is 2. The van der Waals surface area contributed by atoms with Crippen LogP contribution in [-0.2, 0) is 25.0 Å². The van der Waals surface area contributed by atoms with E-state index in [4.69, 9.17) is 0 Å². The third kappa shape index (κ3) is 3.03. The van der Waals surface area contributed by atoms with Gasteiger partial charge < -0.3 is 9.80 Å². The second-order valence-corrected chi connectivity index (χ2v) is 10.3. The van der Waals surface area contributed by atoms with Crippen LogP contribution in [-0.4, -0.2) is 62.2 Å². The zero-order valence-corrected chi connectivity index (χ0v) is 17.3. The molecule has 7 nitrogen and oxygen atoms in total. The Bertz CT molecular complexity index is 913. The van der Waals surface area contributed by atoms with Gasteiger partial charge in [-0.05, 0) is 63.3 Å². The van der Waals surface area contributed by atoms with Crippen molar-refractivity contribution in [1.29, 1.82) is 0 Å². The van der Waals surface area contributed by atoms with Gasteiger partial charge in [0.05, 0.1) is 10.3 Å². The molecule has 152 valence electrons. The van der Waals surface area contributed by atoms with Crippen molar-refractivity contribution in [2.45, 2.75) is 49.8 Å². The molecule has 1 aromatic rings. The number of rotatable bonds is 4. The maximum Gasteiger partial charge on any atom is 0.243 e. The molecule has 1 aromatic carbocycles. The summed E-state index contributed by atoms with van der Waals surface area (Å²) in [6, 6.07) is 4.87. The van der Waals surface area contributed by atoms with E-state index < -0.39 is 15.4 Å². The molecular formula is C20H27N3O4S. The van der Waals surface area contributed by atoms with E-state index in [1.807, 2.05) is 0 Å². The van der Waals surface area contributed by atoms with E-state index in [0.717, 1.165) is 38.8 Å². The third-order valence-corrected chi connectivity index (χ3v) is 8.06. The molecule has 0 bridgehead atoms. The first-order valence-electron chi connectivity index (χ1n) is 9.97. The highest BCUT2D eigenvalue weighted by Crippen LogP contribution is 2.43. The van der Waals surface area contributed by atoms with Crippen LogP contribution in [0.3, 0.4) is 0 Å². The second kappa shape index (κ2) is 6.84. The average molecular weight is 406 g/mol. The Balaban J connectivity index is 1.66. The number of sulfonamides is 1. The van der Waals surface area contributed by atoms with Crippen molar-refractivity contribution in [2.75, 3.05) is 37.6 Å². The number of amides is 2. The van der Waals surface area contributed by atoms with Gasteiger partial charge in [-0.2, -0.15) is 4.31 Å². The Morgan fingerprint density at radius 2 is 1.64 bits per heavy atom. The van der Waals surface area contributed by atoms with Gasteiger partial charge in [0.2, 0.25) is 21.8 Å². The summed E-state index contributed by atoms with van der Waals surface area (Å²) >= 11 is 0. The van der Waals surface area contributed by atoms with E-state index in [1.165, 1.54) is 9.21 Å². The summed E-state index contributed by atoms with van der Waals surface area (Å²) in [6.45, 7) is 6.15. The number of carbonyl (C=O) groups is 2. The number of fused-ring (bicyclic) bond motifs is 1. The first kappa shape index (κ1) is 19.4. The lowest BCUT2D eigenvalue weighted by Crippen LogP contribution is -2.43. The molecule has 0 N–H and O–H groups in total. The molecule has 28 heavy (non-hydrogen) atoms. The molecule has 0 atom stereocenters. The van der Waals surface area contributed by atoms with Crippen molar-refractivity contribution in [3.8, 4) is 0 Å². The number of benzene rings is 1. The van der Waals surface area contributed by atoms with Crippen LogP contribution in [0.25, 0.3) is 0 Å². The highest BCUT2D eigenvalue weighted by atomic mass is 32.2. The van der Waals surface area contributed by atoms with Gasteiger partial charge in [0.15, 0.2) is 0 Å². The van der Waals surface area contributed by atoms with Gasteiger partial charge in [-0.15, -0.1) is 0 Å². The molecule has 0 aliphatic carbocycles. The number of likely N-dealkylation sites (tertiary alicyclic amines) is 1. The Morgan fingerprint density at radius 1 is 1.04 bits per heavy atom. The molecular weight excluding hydrogens is 378 g/mol. The smallest absolute Gasteiger partial charge is 0.243 e. The van der Waals surface area contributed by atoms with Gasteiger partial charge in [-0.1, -0.05) is 0 Å². The first-order chi connectivity index (χ1) is 13.2. The van der Waals surface area contributed by atoms with Gasteiger partial charge >= 0.3 is 0 Å². The summed E-state index contributed by atoms with van der Waals surface area (Å²) in [5, 5.41) is 0. The SMILES string of the molecule is CC1(C)C(=O)N(CC(=O)N2CCCC2)c2ccc(S(=O)(=O)N3CCCC3)cc21. The normalized spacial score (nSPS) is 22.1. The highest BCUT2D eigenvalue weighted by Gasteiger charge is 2.45. The molecule has 0 unspecified atom stereocenters. The minimum absolute atomic E-state index is 0.00743. The minimum atomic E-state index is -3.55. The topological polar surface area (TPSA) is 78.0 Å². The van der Waals surface area contributed by atoms with Crippen LogP contribution in [0, 0.1) is 0 Å². The Kier molecular flexibility index (Phi) is 4.74. The highest BCUT2D eigenvalue weighted by molar-refractivity contribution is 7.89. The van der Waals surface area contributed by atoms with Gasteiger partial charge in [-0.25, -0.2) is 8.42 Å². The summed E-state index contributed by atoms with van der Waals surface area (Å²) in [5.74, 6) is -0.214. The standard InChI is InChI=1S/C20H27N3O4S/c1-20(2)16-13-15(28(26,27)22-11-5-6-12-22)7-8-17(16)23(19(20)25)14-18(24)21-9-3-4-10-21/h7-8,13H,3-6,9-12,14H2,1-2H3. The van der Waals surface area contributed by atoms with Crippen LogP contribution < -0.4 is 4.90 Å². The van der Waals surface area contributed by atoms with Gasteiger partial charge in [0.1, 0.15) is 6.54 Å². The molecule has 2 saturated heterocycles. The summed E-state index contributed by atoms with van der Waals surface area (Å²) in [5.41, 5.74) is 0.451.